The Balaban J connectivity index is 2.67. The minimum Gasteiger partial charge on any atom is -0.379 e. The molecule has 5 nitrogen and oxygen atoms in total. The van der Waals surface area contributed by atoms with E-state index in [2.05, 4.69) is 0 Å². The van der Waals surface area contributed by atoms with Gasteiger partial charge in [0.1, 0.15) is 18.8 Å². The van der Waals surface area contributed by atoms with Gasteiger partial charge < -0.3 is 23.7 Å². The van der Waals surface area contributed by atoms with Crippen molar-refractivity contribution in [2.45, 2.75) is 58.2 Å². The maximum atomic E-state index is 12.3. The highest BCUT2D eigenvalue weighted by molar-refractivity contribution is 4.85. The topological polar surface area (TPSA) is 46.2 Å². The van der Waals surface area contributed by atoms with Crippen LogP contribution in [-0.2, 0) is 23.7 Å². The quantitative estimate of drug-likeness (QED) is 0.619. The van der Waals surface area contributed by atoms with Crippen LogP contribution in [0.5, 0.6) is 0 Å². The van der Waals surface area contributed by atoms with Gasteiger partial charge >= 0.3 is 0 Å². The summed E-state index contributed by atoms with van der Waals surface area (Å²) in [4.78, 5) is 0. The molecule has 4 atom stereocenters. The highest BCUT2D eigenvalue weighted by atomic mass is 19.3. The minimum atomic E-state index is -2.52. The second-order valence-corrected chi connectivity index (χ2v) is 4.64. The van der Waals surface area contributed by atoms with Crippen LogP contribution in [0.15, 0.2) is 0 Å². The summed E-state index contributed by atoms with van der Waals surface area (Å²) in [6.45, 7) is 6.89. The van der Waals surface area contributed by atoms with Crippen LogP contribution in [-0.4, -0.2) is 64.1 Å². The SMILES string of the molecule is CCOC[C@H]1O[C@H](OCC(F)F)C[C@@H](OCC)[C@@H]1OCC. The normalized spacial score (nSPS) is 30.0. The fraction of sp³-hybridized carbons (Fsp3) is 1.00. The van der Waals surface area contributed by atoms with E-state index in [1.165, 1.54) is 0 Å². The summed E-state index contributed by atoms with van der Waals surface area (Å²) >= 11 is 0. The molecule has 0 amide bonds. The molecule has 1 aliphatic rings. The Morgan fingerprint density at radius 2 is 1.76 bits per heavy atom. The van der Waals surface area contributed by atoms with Gasteiger partial charge in [-0.25, -0.2) is 8.78 Å². The van der Waals surface area contributed by atoms with Gasteiger partial charge in [-0.15, -0.1) is 0 Å². The average molecular weight is 312 g/mol. The molecule has 1 saturated heterocycles. The van der Waals surface area contributed by atoms with Crippen LogP contribution in [0.2, 0.25) is 0 Å². The van der Waals surface area contributed by atoms with Crippen molar-refractivity contribution in [1.29, 1.82) is 0 Å². The van der Waals surface area contributed by atoms with E-state index < -0.39 is 25.4 Å². The van der Waals surface area contributed by atoms with Crippen molar-refractivity contribution in [2.24, 2.45) is 0 Å². The van der Waals surface area contributed by atoms with Crippen LogP contribution in [0.3, 0.4) is 0 Å². The third-order valence-corrected chi connectivity index (χ3v) is 3.12. The van der Waals surface area contributed by atoms with Crippen LogP contribution in [0.25, 0.3) is 0 Å². The van der Waals surface area contributed by atoms with Gasteiger partial charge in [0.05, 0.1) is 12.7 Å². The molecule has 0 unspecified atom stereocenters. The van der Waals surface area contributed by atoms with Crippen LogP contribution < -0.4 is 0 Å². The molecular formula is C14H26F2O5. The lowest BCUT2D eigenvalue weighted by Crippen LogP contribution is -2.53. The lowest BCUT2D eigenvalue weighted by Gasteiger charge is -2.40. The smallest absolute Gasteiger partial charge is 0.261 e. The second kappa shape index (κ2) is 10.4. The van der Waals surface area contributed by atoms with Gasteiger partial charge in [-0.05, 0) is 20.8 Å². The Morgan fingerprint density at radius 1 is 1.05 bits per heavy atom. The first-order valence-electron chi connectivity index (χ1n) is 7.48. The highest BCUT2D eigenvalue weighted by Crippen LogP contribution is 2.26. The molecule has 1 rings (SSSR count). The number of rotatable bonds is 10. The summed E-state index contributed by atoms with van der Waals surface area (Å²) in [5.41, 5.74) is 0. The number of ether oxygens (including phenoxy) is 5. The fourth-order valence-electron chi connectivity index (χ4n) is 2.33. The zero-order valence-electron chi connectivity index (χ0n) is 12.9. The monoisotopic (exact) mass is 312 g/mol. The predicted molar refractivity (Wildman–Crippen MR) is 72.6 cm³/mol. The summed E-state index contributed by atoms with van der Waals surface area (Å²) in [7, 11) is 0. The molecular weight excluding hydrogens is 286 g/mol. The molecule has 1 heterocycles. The molecule has 0 aromatic carbocycles. The van der Waals surface area contributed by atoms with Crippen molar-refractivity contribution < 1.29 is 32.5 Å². The molecule has 0 spiro atoms. The van der Waals surface area contributed by atoms with Gasteiger partial charge in [0.15, 0.2) is 6.29 Å². The summed E-state index contributed by atoms with van der Waals surface area (Å²) in [5, 5.41) is 0. The van der Waals surface area contributed by atoms with Gasteiger partial charge in [0.25, 0.3) is 6.43 Å². The van der Waals surface area contributed by atoms with E-state index >= 15 is 0 Å². The molecule has 0 bridgehead atoms. The Labute approximate surface area is 124 Å². The summed E-state index contributed by atoms with van der Waals surface area (Å²) < 4.78 is 52.1. The Morgan fingerprint density at radius 3 is 2.33 bits per heavy atom. The van der Waals surface area contributed by atoms with Crippen LogP contribution in [0.1, 0.15) is 27.2 Å². The molecule has 0 radical (unpaired) electrons. The fourth-order valence-corrected chi connectivity index (χ4v) is 2.33. The van der Waals surface area contributed by atoms with E-state index in [1.54, 1.807) is 0 Å². The molecule has 1 aliphatic heterocycles. The zero-order chi connectivity index (χ0) is 15.7. The summed E-state index contributed by atoms with van der Waals surface area (Å²) in [5.74, 6) is 0. The molecule has 126 valence electrons. The van der Waals surface area contributed by atoms with Gasteiger partial charge in [-0.3, -0.25) is 0 Å². The number of alkyl halides is 2. The molecule has 7 heteroatoms. The van der Waals surface area contributed by atoms with E-state index in [1.807, 2.05) is 20.8 Å². The van der Waals surface area contributed by atoms with Gasteiger partial charge in [-0.1, -0.05) is 0 Å². The van der Waals surface area contributed by atoms with E-state index in [0.29, 0.717) is 32.8 Å². The molecule has 0 aromatic rings. The molecule has 21 heavy (non-hydrogen) atoms. The van der Waals surface area contributed by atoms with Gasteiger partial charge in [0, 0.05) is 26.2 Å². The Bertz CT molecular complexity index is 268. The molecule has 1 fully saturated rings. The zero-order valence-corrected chi connectivity index (χ0v) is 12.9. The van der Waals surface area contributed by atoms with Crippen molar-refractivity contribution in [3.63, 3.8) is 0 Å². The highest BCUT2D eigenvalue weighted by Gasteiger charge is 2.40. The van der Waals surface area contributed by atoms with Crippen LogP contribution in [0.4, 0.5) is 8.78 Å². The van der Waals surface area contributed by atoms with E-state index in [0.717, 1.165) is 0 Å². The Hall–Kier alpha value is -0.340. The van der Waals surface area contributed by atoms with E-state index in [9.17, 15) is 8.78 Å². The second-order valence-electron chi connectivity index (χ2n) is 4.64. The van der Waals surface area contributed by atoms with E-state index in [-0.39, 0.29) is 12.2 Å². The first-order valence-corrected chi connectivity index (χ1v) is 7.48. The standard InChI is InChI=1S/C14H26F2O5/c1-4-17-8-11-14(19-6-3)10(18-5-2)7-13(21-11)20-9-12(15)16/h10-14H,4-9H2,1-3H3/t10-,11-,13+,14+/m1/s1. The number of hydrogen-bond acceptors (Lipinski definition) is 5. The van der Waals surface area contributed by atoms with Gasteiger partial charge in [0.2, 0.25) is 0 Å². The van der Waals surface area contributed by atoms with Crippen molar-refractivity contribution >= 4 is 0 Å². The summed E-state index contributed by atoms with van der Waals surface area (Å²) in [6, 6.07) is 0. The predicted octanol–water partition coefficient (Wildman–Crippen LogP) is 2.23. The first-order chi connectivity index (χ1) is 10.1. The summed E-state index contributed by atoms with van der Waals surface area (Å²) in [6.07, 6.45) is -3.80. The number of hydrogen-bond donors (Lipinski definition) is 0. The average Bonchev–Trinajstić information content (AvgIpc) is 2.46. The first kappa shape index (κ1) is 18.7. The molecule has 0 N–H and O–H groups in total. The van der Waals surface area contributed by atoms with Crippen molar-refractivity contribution in [3.05, 3.63) is 0 Å². The van der Waals surface area contributed by atoms with Crippen molar-refractivity contribution in [3.8, 4) is 0 Å². The van der Waals surface area contributed by atoms with Crippen molar-refractivity contribution in [2.75, 3.05) is 33.0 Å². The minimum absolute atomic E-state index is 0.253. The van der Waals surface area contributed by atoms with Gasteiger partial charge in [-0.2, -0.15) is 0 Å². The number of halogens is 2. The third kappa shape index (κ3) is 6.52. The lowest BCUT2D eigenvalue weighted by molar-refractivity contribution is -0.278. The third-order valence-electron chi connectivity index (χ3n) is 3.12. The Kier molecular flexibility index (Phi) is 9.26. The lowest BCUT2D eigenvalue weighted by atomic mass is 10.0. The maximum Gasteiger partial charge on any atom is 0.261 e. The largest absolute Gasteiger partial charge is 0.379 e. The van der Waals surface area contributed by atoms with Crippen LogP contribution >= 0.6 is 0 Å². The molecule has 0 saturated carbocycles. The van der Waals surface area contributed by atoms with Crippen LogP contribution in [0, 0.1) is 0 Å². The van der Waals surface area contributed by atoms with E-state index in [4.69, 9.17) is 23.7 Å². The maximum absolute atomic E-state index is 12.3. The van der Waals surface area contributed by atoms with Crippen molar-refractivity contribution in [1.82, 2.24) is 0 Å². The molecule has 0 aliphatic carbocycles. The molecule has 0 aromatic heterocycles.